The first-order valence-electron chi connectivity index (χ1n) is 40.4. The van der Waals surface area contributed by atoms with Crippen molar-refractivity contribution >= 4 is 114 Å². The predicted octanol–water partition coefficient (Wildman–Crippen LogP) is 18.5. The third kappa shape index (κ3) is 25.8. The Kier molecular flexibility index (Phi) is 33.8. The molecule has 28 heteroatoms. The van der Waals surface area contributed by atoms with Crippen LogP contribution in [0.2, 0.25) is 20.1 Å². The Morgan fingerprint density at radius 2 is 0.966 bits per heavy atom. The van der Waals surface area contributed by atoms with Gasteiger partial charge in [-0.05, 0) is 189 Å². The van der Waals surface area contributed by atoms with Crippen LogP contribution in [0.15, 0.2) is 84.4 Å². The lowest BCUT2D eigenvalue weighted by atomic mass is 9.48. The number of pyridine rings is 2. The maximum Gasteiger partial charge on any atom is 0.139 e. The summed E-state index contributed by atoms with van der Waals surface area (Å²) in [7, 11) is 3.01. The van der Waals surface area contributed by atoms with Crippen LogP contribution in [0.25, 0.3) is 32.2 Å². The predicted molar refractivity (Wildman–Crippen MR) is 447 cm³/mol. The minimum atomic E-state index is 0.0459. The van der Waals surface area contributed by atoms with E-state index in [1.807, 2.05) is 42.6 Å². The molecule has 0 spiro atoms. The normalized spacial score (nSPS) is 20.3. The maximum atomic E-state index is 13.0. The molecule has 0 unspecified atom stereocenters. The number of methoxy groups -OCH3 is 2. The highest BCUT2D eigenvalue weighted by molar-refractivity contribution is 6.38. The SMILES string of the molecule is C#CCCC(=O)Cc1ccc2ncc(C#N)c(Nc3cc(OC)c(Cl)cc3Cl)c2c1.COc1cc(Nc2c(C#N)cnc3ccc(CC(=O)CCc4cn(CCOCCOCCOCCCC(=O)CC56CC7CC(CC(C7)C5)C6)nn4)cc23)c(Cl)cc1Cl.[N-]=[N+]=NCCOCCOCCOCCCC(=O)CC12CC3CC(CC(C3)C1)C2. The molecule has 8 aliphatic rings. The van der Waals surface area contributed by atoms with Gasteiger partial charge in [0.15, 0.2) is 0 Å². The molecule has 116 heavy (non-hydrogen) atoms. The number of carbonyl (C=O) groups is 4. The summed E-state index contributed by atoms with van der Waals surface area (Å²) in [5, 5.41) is 40.5. The number of nitrogens with one attached hydrogen (secondary N) is 2. The number of hydrogen-bond donors (Lipinski definition) is 2. The summed E-state index contributed by atoms with van der Waals surface area (Å²) in [6.07, 6.45) is 32.9. The van der Waals surface area contributed by atoms with Crippen LogP contribution in [0.3, 0.4) is 0 Å². The second-order valence-electron chi connectivity index (χ2n) is 31.9. The number of fused-ring (bicyclic) bond motifs is 2. The molecule has 2 N–H and O–H groups in total. The van der Waals surface area contributed by atoms with Crippen LogP contribution in [0, 0.1) is 81.3 Å². The third-order valence-corrected chi connectivity index (χ3v) is 24.2. The molecule has 7 aromatic rings. The van der Waals surface area contributed by atoms with E-state index in [0.717, 1.165) is 78.0 Å². The average molecular weight is 1660 g/mol. The zero-order valence-corrected chi connectivity index (χ0v) is 69.3. The van der Waals surface area contributed by atoms with Crippen LogP contribution in [0.5, 0.6) is 11.5 Å². The molecule has 0 atom stereocenters. The van der Waals surface area contributed by atoms with E-state index in [2.05, 4.69) is 59.0 Å². The summed E-state index contributed by atoms with van der Waals surface area (Å²) in [6, 6.07) is 21.9. The van der Waals surface area contributed by atoms with E-state index in [1.54, 1.807) is 28.9 Å². The smallest absolute Gasteiger partial charge is 0.139 e. The number of nitrogens with zero attached hydrogens (tertiary/aromatic N) is 10. The number of benzene rings is 4. The van der Waals surface area contributed by atoms with Gasteiger partial charge in [-0.3, -0.25) is 29.1 Å². The fraction of sp³-hybridized carbons (Fsp3) is 0.545. The monoisotopic (exact) mass is 1660 g/mol. The van der Waals surface area contributed by atoms with Crippen molar-refractivity contribution in [1.82, 2.24) is 25.0 Å². The van der Waals surface area contributed by atoms with Gasteiger partial charge in [-0.25, -0.2) is 4.68 Å². The van der Waals surface area contributed by atoms with Gasteiger partial charge >= 0.3 is 0 Å². The molecule has 0 amide bonds. The van der Waals surface area contributed by atoms with Crippen molar-refractivity contribution < 1.29 is 57.1 Å². The number of ether oxygens (including phenoxy) is 8. The molecule has 616 valence electrons. The molecule has 0 radical (unpaired) electrons. The molecular weight excluding hydrogens is 1560 g/mol. The molecule has 3 heterocycles. The molecule has 8 saturated carbocycles. The minimum Gasteiger partial charge on any atom is -0.495 e. The minimum absolute atomic E-state index is 0.0459. The molecule has 24 nitrogen and oxygen atoms in total. The average Bonchev–Trinajstić information content (AvgIpc) is 0.768. The Labute approximate surface area is 698 Å². The van der Waals surface area contributed by atoms with Crippen molar-refractivity contribution in [3.8, 4) is 36.0 Å². The summed E-state index contributed by atoms with van der Waals surface area (Å²) in [5.74, 6) is 9.73. The summed E-state index contributed by atoms with van der Waals surface area (Å²) in [6.45, 7) is 6.95. The highest BCUT2D eigenvalue weighted by Gasteiger charge is 2.52. The summed E-state index contributed by atoms with van der Waals surface area (Å²) >= 11 is 25.1. The topological polar surface area (TPSA) is 319 Å². The summed E-state index contributed by atoms with van der Waals surface area (Å²) in [4.78, 5) is 61.9. The highest BCUT2D eigenvalue weighted by Crippen LogP contribution is 2.63. The second kappa shape index (κ2) is 44.3. The molecule has 4 aromatic carbocycles. The number of ketones is 4. The van der Waals surface area contributed by atoms with Crippen molar-refractivity contribution in [3.63, 3.8) is 0 Å². The lowest BCUT2D eigenvalue weighted by Crippen LogP contribution is -2.46. The first-order chi connectivity index (χ1) is 56.3. The van der Waals surface area contributed by atoms with Gasteiger partial charge in [-0.15, -0.1) is 17.4 Å². The molecular formula is C88H104Cl4N12O12. The van der Waals surface area contributed by atoms with Gasteiger partial charge < -0.3 is 48.5 Å². The molecule has 8 aliphatic carbocycles. The number of aromatic nitrogens is 5. The van der Waals surface area contributed by atoms with Gasteiger partial charge in [0, 0.05) is 130 Å². The van der Waals surface area contributed by atoms with Crippen molar-refractivity contribution in [1.29, 1.82) is 10.5 Å². The number of aryl methyl sites for hydroxylation is 1. The van der Waals surface area contributed by atoms with E-state index < -0.39 is 0 Å². The molecule has 8 fully saturated rings. The summed E-state index contributed by atoms with van der Waals surface area (Å²) in [5.41, 5.74) is 15.2. The number of azide groups is 1. The third-order valence-electron chi connectivity index (χ3n) is 23.0. The lowest BCUT2D eigenvalue weighted by Gasteiger charge is -2.56. The van der Waals surface area contributed by atoms with E-state index in [0.29, 0.717) is 241 Å². The number of rotatable bonds is 45. The number of anilines is 4. The van der Waals surface area contributed by atoms with Crippen molar-refractivity contribution in [3.05, 3.63) is 138 Å². The van der Waals surface area contributed by atoms with Crippen LogP contribution >= 0.6 is 46.4 Å². The van der Waals surface area contributed by atoms with E-state index in [9.17, 15) is 29.7 Å². The Morgan fingerprint density at radius 1 is 0.552 bits per heavy atom. The van der Waals surface area contributed by atoms with Crippen LogP contribution in [0.4, 0.5) is 22.7 Å². The zero-order chi connectivity index (χ0) is 81.8. The van der Waals surface area contributed by atoms with Gasteiger partial charge in [0.05, 0.1) is 158 Å². The van der Waals surface area contributed by atoms with E-state index in [1.165, 1.54) is 104 Å². The molecule has 0 saturated heterocycles. The Bertz CT molecular complexity index is 4650. The fourth-order valence-corrected chi connectivity index (χ4v) is 19.8. The number of hydrogen-bond acceptors (Lipinski definition) is 21. The van der Waals surface area contributed by atoms with Crippen LogP contribution < -0.4 is 20.1 Å². The second-order valence-corrected chi connectivity index (χ2v) is 33.5. The largest absolute Gasteiger partial charge is 0.495 e. The van der Waals surface area contributed by atoms with Crippen molar-refractivity contribution in [2.45, 2.75) is 161 Å². The number of carbonyl (C=O) groups excluding carboxylic acids is 4. The molecule has 15 rings (SSSR count). The number of terminal acetylenes is 1. The van der Waals surface area contributed by atoms with Crippen LogP contribution in [-0.4, -0.2) is 148 Å². The van der Waals surface area contributed by atoms with Crippen molar-refractivity contribution in [2.24, 2.45) is 51.5 Å². The van der Waals surface area contributed by atoms with Crippen molar-refractivity contribution in [2.75, 3.05) is 111 Å². The Balaban J connectivity index is 0.000000191. The summed E-state index contributed by atoms with van der Waals surface area (Å²) < 4.78 is 45.6. The number of nitriles is 2. The fourth-order valence-electron chi connectivity index (χ4n) is 18.8. The van der Waals surface area contributed by atoms with E-state index in [-0.39, 0.29) is 24.4 Å². The van der Waals surface area contributed by atoms with Gasteiger partial charge in [-0.2, -0.15) is 10.5 Å². The van der Waals surface area contributed by atoms with Gasteiger partial charge in [0.1, 0.15) is 46.8 Å². The standard InChI is InChI=1S/C44H52Cl2N6O6.C23H17Cl2N3O2.C21H35N3O4/c1-55-42-21-41(38(45)20-39(42)46)49-43-33(26-47)27-48-40-7-4-29(19-37(40)43)18-35(53)6-5-34-28-52(51-50-34)8-10-57-12-14-58-13-11-56-9-2-3-36(54)25-44-22-30-15-31(23-44)17-32(16-30)24-44;1-3-4-5-16(29)8-14-6-7-20-17(9-14)23(15(12-26)13-27-20)28-21-11-22(30-2)19(25)10-18(21)24;22-24-23-3-5-27-7-9-28-8-6-26-4-1-2-20(25)16-21-13-17-10-18(14-21)12-19(11-17)15-21/h4,7,19-21,27-28,30-32H,2-3,5-6,8-18,22-25H2,1H3,(H,48,49);1,6-7,9-11,13H,4-5,8H2,2H3,(H,27,28);17-19H,1-16H2. The van der Waals surface area contributed by atoms with Crippen LogP contribution in [-0.2, 0) is 73.4 Å². The highest BCUT2D eigenvalue weighted by atomic mass is 35.5. The Hall–Kier alpha value is -8.51. The Morgan fingerprint density at radius 3 is 1.38 bits per heavy atom. The van der Waals surface area contributed by atoms with E-state index >= 15 is 0 Å². The first kappa shape index (κ1) is 88.3. The number of Topliss-reactive ketones (excluding diaryl/α,β-unsaturated/α-hetero) is 4. The van der Waals surface area contributed by atoms with Crippen LogP contribution in [0.1, 0.15) is 163 Å². The number of halogens is 4. The maximum absolute atomic E-state index is 13.0. The van der Waals surface area contributed by atoms with Gasteiger partial charge in [0.25, 0.3) is 0 Å². The van der Waals surface area contributed by atoms with E-state index in [4.69, 9.17) is 96.3 Å². The zero-order valence-electron chi connectivity index (χ0n) is 66.3. The molecule has 8 bridgehead atoms. The first-order valence-corrected chi connectivity index (χ1v) is 42.0. The quantitative estimate of drug-likeness (QED) is 0.0118. The molecule has 0 aliphatic heterocycles. The molecule has 3 aromatic heterocycles. The van der Waals surface area contributed by atoms with Gasteiger partial charge in [0.2, 0.25) is 0 Å². The van der Waals surface area contributed by atoms with Gasteiger partial charge in [-0.1, -0.05) is 68.9 Å². The lowest BCUT2D eigenvalue weighted by molar-refractivity contribution is -0.128.